The highest BCUT2D eigenvalue weighted by atomic mass is 16.5. The number of carbonyl (C=O) groups excluding carboxylic acids is 2. The molecule has 0 spiro atoms. The molecule has 2 rings (SSSR count). The zero-order valence-corrected chi connectivity index (χ0v) is 15.3. The van der Waals surface area contributed by atoms with E-state index in [2.05, 4.69) is 4.98 Å². The molecule has 0 radical (unpaired) electrons. The zero-order chi connectivity index (χ0) is 20.2. The zero-order valence-electron chi connectivity index (χ0n) is 15.3. The molecule has 1 aromatic heterocycles. The summed E-state index contributed by atoms with van der Waals surface area (Å²) in [5, 5.41) is 17.3. The van der Waals surface area contributed by atoms with Crippen molar-refractivity contribution in [3.63, 3.8) is 0 Å². The smallest absolute Gasteiger partial charge is 0.306 e. The molecule has 1 heterocycles. The average Bonchev–Trinajstić information content (AvgIpc) is 3.20. The van der Waals surface area contributed by atoms with Crippen LogP contribution in [0.25, 0.3) is 11.3 Å². The average molecular weight is 380 g/mol. The lowest BCUT2D eigenvalue weighted by Gasteiger charge is -2.20. The standard InChI is InChI=1S/C20H20N4O4/c21-10-4-12-24(13-5-11-22)19(25)15-27-20(26)9-8-18-23-14-17(28-18)16-6-2-1-3-7-16/h1-3,6-7,14H,4-5,8-9,12-13,15H2. The molecule has 8 heteroatoms. The largest absolute Gasteiger partial charge is 0.456 e. The highest BCUT2D eigenvalue weighted by Gasteiger charge is 2.16. The summed E-state index contributed by atoms with van der Waals surface area (Å²) < 4.78 is 10.6. The maximum Gasteiger partial charge on any atom is 0.306 e. The first-order valence-electron chi connectivity index (χ1n) is 8.81. The van der Waals surface area contributed by atoms with E-state index in [0.29, 0.717) is 11.7 Å². The summed E-state index contributed by atoms with van der Waals surface area (Å²) in [4.78, 5) is 29.5. The first-order chi connectivity index (χ1) is 13.6. The third-order valence-corrected chi connectivity index (χ3v) is 3.85. The number of aromatic nitrogens is 1. The predicted molar refractivity (Wildman–Crippen MR) is 98.3 cm³/mol. The third kappa shape index (κ3) is 6.58. The monoisotopic (exact) mass is 380 g/mol. The Bertz CT molecular complexity index is 846. The molecule has 0 atom stereocenters. The van der Waals surface area contributed by atoms with E-state index in [1.165, 1.54) is 4.90 Å². The maximum absolute atomic E-state index is 12.1. The Morgan fingerprint density at radius 3 is 2.43 bits per heavy atom. The van der Waals surface area contributed by atoms with Crippen LogP contribution in [-0.2, 0) is 20.7 Å². The second kappa shape index (κ2) is 11.1. The number of amides is 1. The number of hydrogen-bond acceptors (Lipinski definition) is 7. The summed E-state index contributed by atoms with van der Waals surface area (Å²) in [5.74, 6) is 0.0474. The minimum atomic E-state index is -0.548. The summed E-state index contributed by atoms with van der Waals surface area (Å²) >= 11 is 0. The van der Waals surface area contributed by atoms with Gasteiger partial charge in [0.15, 0.2) is 18.3 Å². The number of rotatable bonds is 10. The van der Waals surface area contributed by atoms with Gasteiger partial charge in [-0.15, -0.1) is 0 Å². The summed E-state index contributed by atoms with van der Waals surface area (Å²) in [5.41, 5.74) is 0.893. The lowest BCUT2D eigenvalue weighted by Crippen LogP contribution is -2.36. The van der Waals surface area contributed by atoms with Crippen LogP contribution in [0.15, 0.2) is 40.9 Å². The molecule has 0 N–H and O–H groups in total. The van der Waals surface area contributed by atoms with Crippen molar-refractivity contribution in [1.82, 2.24) is 9.88 Å². The van der Waals surface area contributed by atoms with Gasteiger partial charge >= 0.3 is 5.97 Å². The Balaban J connectivity index is 1.77. The molecule has 0 unspecified atom stereocenters. The van der Waals surface area contributed by atoms with Crippen molar-refractivity contribution in [3.8, 4) is 23.5 Å². The number of nitriles is 2. The van der Waals surface area contributed by atoms with Gasteiger partial charge in [0.1, 0.15) is 0 Å². The van der Waals surface area contributed by atoms with E-state index in [0.717, 1.165) is 5.56 Å². The van der Waals surface area contributed by atoms with Gasteiger partial charge in [0.2, 0.25) is 0 Å². The van der Waals surface area contributed by atoms with E-state index in [4.69, 9.17) is 19.7 Å². The lowest BCUT2D eigenvalue weighted by molar-refractivity contribution is -0.152. The molecule has 0 bridgehead atoms. The molecular formula is C20H20N4O4. The van der Waals surface area contributed by atoms with E-state index in [1.807, 2.05) is 42.5 Å². The molecule has 0 saturated heterocycles. The lowest BCUT2D eigenvalue weighted by atomic mass is 10.2. The highest BCUT2D eigenvalue weighted by Crippen LogP contribution is 2.20. The molecule has 8 nitrogen and oxygen atoms in total. The first-order valence-corrected chi connectivity index (χ1v) is 8.81. The number of hydrogen-bond donors (Lipinski definition) is 0. The van der Waals surface area contributed by atoms with Gasteiger partial charge in [-0.1, -0.05) is 30.3 Å². The van der Waals surface area contributed by atoms with Crippen molar-refractivity contribution >= 4 is 11.9 Å². The molecule has 1 aromatic carbocycles. The van der Waals surface area contributed by atoms with Crippen molar-refractivity contribution in [1.29, 1.82) is 10.5 Å². The van der Waals surface area contributed by atoms with Crippen LogP contribution in [0.2, 0.25) is 0 Å². The van der Waals surface area contributed by atoms with E-state index in [1.54, 1.807) is 6.20 Å². The Hall–Kier alpha value is -3.65. The second-order valence-corrected chi connectivity index (χ2v) is 5.84. The minimum absolute atomic E-state index is 0.0262. The van der Waals surface area contributed by atoms with E-state index >= 15 is 0 Å². The fraction of sp³-hybridized carbons (Fsp3) is 0.350. The van der Waals surface area contributed by atoms with Crippen LogP contribution in [0, 0.1) is 22.7 Å². The maximum atomic E-state index is 12.1. The molecule has 0 saturated carbocycles. The van der Waals surface area contributed by atoms with Crippen LogP contribution >= 0.6 is 0 Å². The minimum Gasteiger partial charge on any atom is -0.456 e. The van der Waals surface area contributed by atoms with Crippen LogP contribution < -0.4 is 0 Å². The van der Waals surface area contributed by atoms with Crippen molar-refractivity contribution in [2.75, 3.05) is 19.7 Å². The molecule has 2 aromatic rings. The summed E-state index contributed by atoms with van der Waals surface area (Å²) in [6.07, 6.45) is 2.19. The van der Waals surface area contributed by atoms with Crippen LogP contribution in [0.5, 0.6) is 0 Å². The molecule has 28 heavy (non-hydrogen) atoms. The van der Waals surface area contributed by atoms with Gasteiger partial charge in [-0.05, 0) is 0 Å². The van der Waals surface area contributed by atoms with Gasteiger partial charge in [-0.25, -0.2) is 4.98 Å². The third-order valence-electron chi connectivity index (χ3n) is 3.85. The summed E-state index contributed by atoms with van der Waals surface area (Å²) in [6, 6.07) is 13.4. The van der Waals surface area contributed by atoms with Gasteiger partial charge in [-0.3, -0.25) is 9.59 Å². The molecule has 144 valence electrons. The Morgan fingerprint density at radius 2 is 1.79 bits per heavy atom. The van der Waals surface area contributed by atoms with Gasteiger partial charge in [0.05, 0.1) is 37.6 Å². The normalized spacial score (nSPS) is 9.93. The number of ether oxygens (including phenoxy) is 1. The fourth-order valence-electron chi connectivity index (χ4n) is 2.41. The van der Waals surface area contributed by atoms with Crippen molar-refractivity contribution < 1.29 is 18.7 Å². The number of oxazole rings is 1. The van der Waals surface area contributed by atoms with Gasteiger partial charge < -0.3 is 14.1 Å². The molecule has 0 aliphatic carbocycles. The Kier molecular flexibility index (Phi) is 8.22. The second-order valence-electron chi connectivity index (χ2n) is 5.84. The summed E-state index contributed by atoms with van der Waals surface area (Å²) in [6.45, 7) is -0.0170. The molecular weight excluding hydrogens is 360 g/mol. The predicted octanol–water partition coefficient (Wildman–Crippen LogP) is 2.47. The Morgan fingerprint density at radius 1 is 1.11 bits per heavy atom. The van der Waals surface area contributed by atoms with Gasteiger partial charge in [0, 0.05) is 25.1 Å². The number of esters is 1. The number of carbonyl (C=O) groups is 2. The van der Waals surface area contributed by atoms with E-state index in [-0.39, 0.29) is 38.8 Å². The SMILES string of the molecule is N#CCCN(CCC#N)C(=O)COC(=O)CCc1ncc(-c2ccccc2)o1. The van der Waals surface area contributed by atoms with E-state index < -0.39 is 18.5 Å². The number of benzene rings is 1. The van der Waals surface area contributed by atoms with Crippen molar-refractivity contribution in [2.24, 2.45) is 0 Å². The first kappa shape index (κ1) is 20.7. The number of aryl methyl sites for hydroxylation is 1. The van der Waals surface area contributed by atoms with Gasteiger partial charge in [0.25, 0.3) is 5.91 Å². The highest BCUT2D eigenvalue weighted by molar-refractivity contribution is 5.80. The van der Waals surface area contributed by atoms with E-state index in [9.17, 15) is 9.59 Å². The van der Waals surface area contributed by atoms with Crippen LogP contribution in [0.1, 0.15) is 25.2 Å². The molecule has 0 aliphatic heterocycles. The Labute approximate surface area is 162 Å². The molecule has 0 aliphatic rings. The molecule has 0 fully saturated rings. The number of nitrogens with zero attached hydrogens (tertiary/aromatic N) is 4. The fourth-order valence-corrected chi connectivity index (χ4v) is 2.41. The van der Waals surface area contributed by atoms with Crippen molar-refractivity contribution in [2.45, 2.75) is 25.7 Å². The molecule has 1 amide bonds. The topological polar surface area (TPSA) is 120 Å². The van der Waals surface area contributed by atoms with Crippen LogP contribution in [0.3, 0.4) is 0 Å². The van der Waals surface area contributed by atoms with Crippen LogP contribution in [0.4, 0.5) is 0 Å². The summed E-state index contributed by atoms with van der Waals surface area (Å²) in [7, 11) is 0. The van der Waals surface area contributed by atoms with Crippen molar-refractivity contribution in [3.05, 3.63) is 42.4 Å². The quantitative estimate of drug-likeness (QED) is 0.581. The van der Waals surface area contributed by atoms with Gasteiger partial charge in [-0.2, -0.15) is 10.5 Å². The van der Waals surface area contributed by atoms with Crippen LogP contribution in [-0.4, -0.2) is 41.5 Å².